The fourth-order valence-corrected chi connectivity index (χ4v) is 3.95. The zero-order valence-corrected chi connectivity index (χ0v) is 17.5. The van der Waals surface area contributed by atoms with Gasteiger partial charge in [-0.25, -0.2) is 4.39 Å². The zero-order valence-electron chi connectivity index (χ0n) is 16.6. The lowest BCUT2D eigenvalue weighted by Gasteiger charge is -2.13. The molecule has 0 unspecified atom stereocenters. The molecular formula is C21H22FN2O5P. The average Bonchev–Trinajstić information content (AvgIpc) is 3.23. The first-order valence-corrected chi connectivity index (χ1v) is 10.9. The van der Waals surface area contributed by atoms with Crippen molar-refractivity contribution in [3.8, 4) is 11.1 Å². The van der Waals surface area contributed by atoms with E-state index in [1.807, 2.05) is 0 Å². The van der Waals surface area contributed by atoms with Gasteiger partial charge in [0, 0.05) is 38.3 Å². The Morgan fingerprint density at radius 2 is 1.77 bits per heavy atom. The van der Waals surface area contributed by atoms with Crippen molar-refractivity contribution >= 4 is 19.2 Å². The molecule has 3 aromatic rings. The molecule has 0 aliphatic carbocycles. The van der Waals surface area contributed by atoms with Gasteiger partial charge in [0.15, 0.2) is 0 Å². The number of aromatic nitrogens is 1. The highest BCUT2D eigenvalue weighted by molar-refractivity contribution is 7.52. The van der Waals surface area contributed by atoms with Gasteiger partial charge < -0.3 is 18.9 Å². The van der Waals surface area contributed by atoms with Gasteiger partial charge in [-0.05, 0) is 35.4 Å². The third-order valence-electron chi connectivity index (χ3n) is 4.55. The molecule has 0 atom stereocenters. The van der Waals surface area contributed by atoms with Crippen LogP contribution in [0.3, 0.4) is 0 Å². The summed E-state index contributed by atoms with van der Waals surface area (Å²) in [5, 5.41) is 6.60. The summed E-state index contributed by atoms with van der Waals surface area (Å²) < 4.78 is 40.4. The van der Waals surface area contributed by atoms with Gasteiger partial charge in [-0.2, -0.15) is 0 Å². The molecule has 158 valence electrons. The summed E-state index contributed by atoms with van der Waals surface area (Å²) in [6.07, 6.45) is 2.24. The number of aryl methyl sites for hydroxylation is 1. The number of rotatable bonds is 9. The fourth-order valence-electron chi connectivity index (χ4n) is 2.88. The van der Waals surface area contributed by atoms with Gasteiger partial charge in [0.1, 0.15) is 11.6 Å². The van der Waals surface area contributed by atoms with Gasteiger partial charge in [0.2, 0.25) is 5.91 Å². The normalized spacial score (nSPS) is 11.4. The quantitative estimate of drug-likeness (QED) is 0.477. The molecule has 9 heteroatoms. The molecule has 0 radical (unpaired) electrons. The van der Waals surface area contributed by atoms with Crippen LogP contribution in [0.25, 0.3) is 11.1 Å². The molecule has 0 spiro atoms. The molecule has 0 saturated heterocycles. The highest BCUT2D eigenvalue weighted by atomic mass is 31.2. The fraction of sp³-hybridized carbons (Fsp3) is 0.238. The number of anilines is 1. The first-order chi connectivity index (χ1) is 14.4. The highest BCUT2D eigenvalue weighted by Crippen LogP contribution is 2.49. The van der Waals surface area contributed by atoms with Crippen molar-refractivity contribution in [2.24, 2.45) is 0 Å². The van der Waals surface area contributed by atoms with Crippen LogP contribution in [-0.4, -0.2) is 25.3 Å². The molecule has 0 bridgehead atoms. The molecule has 0 saturated carbocycles. The van der Waals surface area contributed by atoms with Gasteiger partial charge >= 0.3 is 7.60 Å². The average molecular weight is 432 g/mol. The molecule has 30 heavy (non-hydrogen) atoms. The van der Waals surface area contributed by atoms with Gasteiger partial charge in [-0.1, -0.05) is 29.4 Å². The van der Waals surface area contributed by atoms with E-state index >= 15 is 0 Å². The molecule has 3 rings (SSSR count). The van der Waals surface area contributed by atoms with Crippen LogP contribution < -0.4 is 5.32 Å². The molecule has 7 nitrogen and oxygen atoms in total. The van der Waals surface area contributed by atoms with E-state index in [4.69, 9.17) is 13.6 Å². The first-order valence-electron chi connectivity index (χ1n) is 9.21. The molecule has 1 heterocycles. The molecule has 0 aliphatic rings. The van der Waals surface area contributed by atoms with Crippen molar-refractivity contribution in [2.75, 3.05) is 19.5 Å². The Morgan fingerprint density at radius 1 is 1.10 bits per heavy atom. The predicted octanol–water partition coefficient (Wildman–Crippen LogP) is 5.04. The lowest BCUT2D eigenvalue weighted by molar-refractivity contribution is -0.116. The highest BCUT2D eigenvalue weighted by Gasteiger charge is 2.21. The third-order valence-corrected chi connectivity index (χ3v) is 6.41. The molecule has 1 N–H and O–H groups in total. The lowest BCUT2D eigenvalue weighted by atomic mass is 10.0. The smallest absolute Gasteiger partial charge is 0.334 e. The van der Waals surface area contributed by atoms with Crippen molar-refractivity contribution in [3.63, 3.8) is 0 Å². The predicted molar refractivity (Wildman–Crippen MR) is 111 cm³/mol. The number of nitrogens with one attached hydrogen (secondary N) is 1. The Hall–Kier alpha value is -2.80. The van der Waals surface area contributed by atoms with E-state index in [1.54, 1.807) is 42.6 Å². The third kappa shape index (κ3) is 5.63. The van der Waals surface area contributed by atoms with Crippen molar-refractivity contribution in [2.45, 2.75) is 19.0 Å². The van der Waals surface area contributed by atoms with E-state index in [0.29, 0.717) is 17.9 Å². The van der Waals surface area contributed by atoms with Gasteiger partial charge in [0.25, 0.3) is 0 Å². The number of benzene rings is 2. The largest absolute Gasteiger partial charge is 0.361 e. The van der Waals surface area contributed by atoms with Crippen LogP contribution in [0.2, 0.25) is 0 Å². The van der Waals surface area contributed by atoms with Gasteiger partial charge in [-0.15, -0.1) is 0 Å². The summed E-state index contributed by atoms with van der Waals surface area (Å²) in [6, 6.07) is 13.0. The number of hydrogen-bond donors (Lipinski definition) is 1. The summed E-state index contributed by atoms with van der Waals surface area (Å²) in [4.78, 5) is 12.3. The molecule has 1 amide bonds. The van der Waals surface area contributed by atoms with Crippen molar-refractivity contribution in [3.05, 3.63) is 71.9 Å². The number of nitrogens with zero attached hydrogens (tertiary/aromatic N) is 1. The van der Waals surface area contributed by atoms with E-state index in [2.05, 4.69) is 10.5 Å². The maximum Gasteiger partial charge on any atom is 0.334 e. The number of amides is 1. The van der Waals surface area contributed by atoms with Crippen LogP contribution in [0.1, 0.15) is 17.7 Å². The second-order valence-corrected chi connectivity index (χ2v) is 8.82. The van der Waals surface area contributed by atoms with Crippen LogP contribution in [0, 0.1) is 5.82 Å². The molecule has 0 fully saturated rings. The number of carbonyl (C=O) groups excluding carboxylic acids is 1. The first kappa shape index (κ1) is 21.9. The SMILES string of the molecule is COP(=O)(Cc1ccc(NC(=O)CCc2oncc2-c2ccc(F)cc2)cc1)OC. The van der Waals surface area contributed by atoms with Crippen molar-refractivity contribution in [1.29, 1.82) is 0 Å². The second-order valence-electron chi connectivity index (χ2n) is 6.55. The Morgan fingerprint density at radius 3 is 2.40 bits per heavy atom. The van der Waals surface area contributed by atoms with E-state index < -0.39 is 7.60 Å². The second kappa shape index (κ2) is 9.80. The summed E-state index contributed by atoms with van der Waals surface area (Å²) in [6.45, 7) is 0. The Kier molecular flexibility index (Phi) is 7.15. The summed E-state index contributed by atoms with van der Waals surface area (Å²) in [7, 11) is -0.457. The van der Waals surface area contributed by atoms with Crippen LogP contribution in [0.4, 0.5) is 10.1 Å². The summed E-state index contributed by atoms with van der Waals surface area (Å²) in [5.41, 5.74) is 2.89. The summed E-state index contributed by atoms with van der Waals surface area (Å²) >= 11 is 0. The topological polar surface area (TPSA) is 90.7 Å². The van der Waals surface area contributed by atoms with Crippen LogP contribution in [0.15, 0.2) is 59.3 Å². The molecule has 0 aliphatic heterocycles. The van der Waals surface area contributed by atoms with Crippen molar-refractivity contribution in [1.82, 2.24) is 5.16 Å². The minimum atomic E-state index is -3.14. The van der Waals surface area contributed by atoms with Gasteiger partial charge in [0.05, 0.1) is 12.4 Å². The maximum absolute atomic E-state index is 13.1. The minimum Gasteiger partial charge on any atom is -0.361 e. The van der Waals surface area contributed by atoms with E-state index in [1.165, 1.54) is 26.4 Å². The number of hydrogen-bond acceptors (Lipinski definition) is 6. The van der Waals surface area contributed by atoms with Gasteiger partial charge in [-0.3, -0.25) is 9.36 Å². The maximum atomic E-state index is 13.1. The lowest BCUT2D eigenvalue weighted by Crippen LogP contribution is -2.12. The molecule has 1 aromatic heterocycles. The monoisotopic (exact) mass is 432 g/mol. The van der Waals surface area contributed by atoms with E-state index in [9.17, 15) is 13.8 Å². The minimum absolute atomic E-state index is 0.145. The Balaban J connectivity index is 1.56. The molecule has 2 aromatic carbocycles. The van der Waals surface area contributed by atoms with Crippen LogP contribution in [0.5, 0.6) is 0 Å². The Labute approximate surface area is 173 Å². The Bertz CT molecular complexity index is 1030. The van der Waals surface area contributed by atoms with Crippen LogP contribution in [-0.2, 0) is 31.0 Å². The zero-order chi connectivity index (χ0) is 21.6. The standard InChI is InChI=1S/C21H22FN2O5P/c1-27-30(26,28-2)14-15-3-9-18(10-4-15)24-21(25)12-11-20-19(13-23-29-20)16-5-7-17(22)8-6-16/h3-10,13H,11-12,14H2,1-2H3,(H,24,25). The van der Waals surface area contributed by atoms with Crippen LogP contribution >= 0.6 is 7.60 Å². The molecular weight excluding hydrogens is 410 g/mol. The van der Waals surface area contributed by atoms with E-state index in [-0.39, 0.29) is 24.3 Å². The van der Waals surface area contributed by atoms with Crippen molar-refractivity contribution < 1.29 is 27.3 Å². The van der Waals surface area contributed by atoms with E-state index in [0.717, 1.165) is 16.7 Å². The number of carbonyl (C=O) groups is 1. The number of halogens is 1. The summed E-state index contributed by atoms with van der Waals surface area (Å²) in [5.74, 6) is 0.0417.